The first-order valence-electron chi connectivity index (χ1n) is 5.56. The van der Waals surface area contributed by atoms with Crippen LogP contribution in [0.1, 0.15) is 50.7 Å². The van der Waals surface area contributed by atoms with Crippen molar-refractivity contribution in [2.24, 2.45) is 0 Å². The number of methoxy groups -OCH3 is 1. The maximum Gasteiger partial charge on any atom is 0.321 e. The lowest BCUT2D eigenvalue weighted by Crippen LogP contribution is -2.22. The Balaban J connectivity index is 2.22. The number of ether oxygens (including phenoxy) is 1. The van der Waals surface area contributed by atoms with Gasteiger partial charge in [0.1, 0.15) is 5.41 Å². The third-order valence-electron chi connectivity index (χ3n) is 3.23. The van der Waals surface area contributed by atoms with Crippen LogP contribution in [0.25, 0.3) is 0 Å². The molecule has 0 N–H and O–H groups in total. The van der Waals surface area contributed by atoms with Crippen molar-refractivity contribution < 1.29 is 14.1 Å². The Labute approximate surface area is 94.2 Å². The summed E-state index contributed by atoms with van der Waals surface area (Å²) in [6.45, 7) is 4.10. The van der Waals surface area contributed by atoms with E-state index in [1.807, 2.05) is 6.92 Å². The number of rotatable bonds is 4. The fourth-order valence-corrected chi connectivity index (χ4v) is 1.64. The van der Waals surface area contributed by atoms with E-state index in [-0.39, 0.29) is 11.9 Å². The van der Waals surface area contributed by atoms with Crippen LogP contribution in [0.5, 0.6) is 0 Å². The summed E-state index contributed by atoms with van der Waals surface area (Å²) < 4.78 is 9.94. The highest BCUT2D eigenvalue weighted by Crippen LogP contribution is 2.48. The minimum Gasteiger partial charge on any atom is -0.468 e. The highest BCUT2D eigenvalue weighted by Gasteiger charge is 2.57. The molecule has 1 heterocycles. The lowest BCUT2D eigenvalue weighted by molar-refractivity contribution is -0.144. The lowest BCUT2D eigenvalue weighted by atomic mass is 10.1. The second kappa shape index (κ2) is 3.88. The van der Waals surface area contributed by atoms with Crippen molar-refractivity contribution in [2.75, 3.05) is 7.11 Å². The fourth-order valence-electron chi connectivity index (χ4n) is 1.64. The predicted molar refractivity (Wildman–Crippen MR) is 55.9 cm³/mol. The summed E-state index contributed by atoms with van der Waals surface area (Å²) in [5.41, 5.74) is -0.645. The Hall–Kier alpha value is -1.39. The van der Waals surface area contributed by atoms with Gasteiger partial charge in [-0.3, -0.25) is 4.79 Å². The number of carbonyl (C=O) groups excluding carboxylic acids is 1. The van der Waals surface area contributed by atoms with Gasteiger partial charge in [0.15, 0.2) is 5.82 Å². The van der Waals surface area contributed by atoms with E-state index < -0.39 is 5.41 Å². The Morgan fingerprint density at radius 1 is 1.62 bits per heavy atom. The van der Waals surface area contributed by atoms with Crippen molar-refractivity contribution in [3.63, 3.8) is 0 Å². The van der Waals surface area contributed by atoms with Gasteiger partial charge in [0.05, 0.1) is 7.11 Å². The van der Waals surface area contributed by atoms with E-state index in [2.05, 4.69) is 17.1 Å². The van der Waals surface area contributed by atoms with Crippen molar-refractivity contribution in [1.29, 1.82) is 0 Å². The van der Waals surface area contributed by atoms with Crippen molar-refractivity contribution in [3.8, 4) is 0 Å². The van der Waals surface area contributed by atoms with E-state index in [1.165, 1.54) is 7.11 Å². The average molecular weight is 224 g/mol. The molecule has 0 aromatic carbocycles. The molecule has 5 heteroatoms. The molecule has 0 spiro atoms. The molecule has 0 radical (unpaired) electrons. The summed E-state index contributed by atoms with van der Waals surface area (Å²) in [7, 11) is 1.38. The van der Waals surface area contributed by atoms with E-state index in [0.717, 1.165) is 19.3 Å². The molecule has 16 heavy (non-hydrogen) atoms. The molecule has 1 aromatic heterocycles. The number of aromatic nitrogens is 2. The average Bonchev–Trinajstić information content (AvgIpc) is 2.98. The normalized spacial score (nSPS) is 19.2. The van der Waals surface area contributed by atoms with Gasteiger partial charge < -0.3 is 9.26 Å². The molecule has 5 nitrogen and oxygen atoms in total. The van der Waals surface area contributed by atoms with Crippen LogP contribution in [-0.2, 0) is 14.9 Å². The van der Waals surface area contributed by atoms with Gasteiger partial charge in [0.25, 0.3) is 0 Å². The summed E-state index contributed by atoms with van der Waals surface area (Å²) >= 11 is 0. The molecule has 0 amide bonds. The SMILES string of the molecule is CCC(C)c1noc(C2(C(=O)OC)CC2)n1. The smallest absolute Gasteiger partial charge is 0.321 e. The van der Waals surface area contributed by atoms with Crippen LogP contribution >= 0.6 is 0 Å². The minimum atomic E-state index is -0.645. The van der Waals surface area contributed by atoms with E-state index in [1.54, 1.807) is 0 Å². The van der Waals surface area contributed by atoms with E-state index in [9.17, 15) is 4.79 Å². The summed E-state index contributed by atoms with van der Waals surface area (Å²) in [4.78, 5) is 15.9. The Kier molecular flexibility index (Phi) is 2.69. The number of nitrogens with zero attached hydrogens (tertiary/aromatic N) is 2. The highest BCUT2D eigenvalue weighted by atomic mass is 16.5. The first-order chi connectivity index (χ1) is 7.64. The highest BCUT2D eigenvalue weighted by molar-refractivity contribution is 5.85. The molecule has 0 bridgehead atoms. The molecule has 1 aliphatic carbocycles. The predicted octanol–water partition coefficient (Wildman–Crippen LogP) is 1.79. The monoisotopic (exact) mass is 224 g/mol. The van der Waals surface area contributed by atoms with E-state index in [4.69, 9.17) is 9.26 Å². The molecule has 1 atom stereocenters. The van der Waals surface area contributed by atoms with Crippen LogP contribution in [0.4, 0.5) is 0 Å². The van der Waals surface area contributed by atoms with Gasteiger partial charge in [-0.25, -0.2) is 0 Å². The summed E-state index contributed by atoms with van der Waals surface area (Å²) in [6, 6.07) is 0. The molecule has 1 unspecified atom stereocenters. The van der Waals surface area contributed by atoms with E-state index in [0.29, 0.717) is 11.7 Å². The van der Waals surface area contributed by atoms with Crippen LogP contribution in [-0.4, -0.2) is 23.2 Å². The third-order valence-corrected chi connectivity index (χ3v) is 3.23. The Morgan fingerprint density at radius 2 is 2.31 bits per heavy atom. The van der Waals surface area contributed by atoms with Crippen LogP contribution in [0, 0.1) is 0 Å². The van der Waals surface area contributed by atoms with Gasteiger partial charge in [-0.1, -0.05) is 19.0 Å². The molecule has 2 rings (SSSR count). The molecular formula is C11H16N2O3. The first kappa shape index (κ1) is 11.1. The van der Waals surface area contributed by atoms with Gasteiger partial charge in [0.2, 0.25) is 5.89 Å². The lowest BCUT2D eigenvalue weighted by Gasteiger charge is -2.06. The third kappa shape index (κ3) is 1.60. The van der Waals surface area contributed by atoms with Gasteiger partial charge >= 0.3 is 5.97 Å². The zero-order valence-electron chi connectivity index (χ0n) is 9.82. The molecule has 0 saturated heterocycles. The van der Waals surface area contributed by atoms with Crippen LogP contribution in [0.15, 0.2) is 4.52 Å². The van der Waals surface area contributed by atoms with Crippen molar-refractivity contribution in [2.45, 2.75) is 44.4 Å². The van der Waals surface area contributed by atoms with Crippen LogP contribution < -0.4 is 0 Å². The van der Waals surface area contributed by atoms with Gasteiger partial charge in [-0.05, 0) is 19.3 Å². The van der Waals surface area contributed by atoms with Crippen molar-refractivity contribution >= 4 is 5.97 Å². The zero-order valence-corrected chi connectivity index (χ0v) is 9.82. The van der Waals surface area contributed by atoms with Gasteiger partial charge in [0, 0.05) is 5.92 Å². The molecule has 1 aromatic rings. The number of carbonyl (C=O) groups is 1. The maximum absolute atomic E-state index is 11.6. The fraction of sp³-hybridized carbons (Fsp3) is 0.727. The van der Waals surface area contributed by atoms with Crippen LogP contribution in [0.2, 0.25) is 0 Å². The standard InChI is InChI=1S/C11H16N2O3/c1-4-7(2)8-12-9(16-13-8)11(5-6-11)10(14)15-3/h7H,4-6H2,1-3H3. The van der Waals surface area contributed by atoms with E-state index >= 15 is 0 Å². The molecule has 1 saturated carbocycles. The molecule has 0 aliphatic heterocycles. The van der Waals surface area contributed by atoms with Crippen LogP contribution in [0.3, 0.4) is 0 Å². The largest absolute Gasteiger partial charge is 0.468 e. The second-order valence-electron chi connectivity index (χ2n) is 4.34. The van der Waals surface area contributed by atoms with Gasteiger partial charge in [-0.2, -0.15) is 4.98 Å². The molecule has 1 fully saturated rings. The summed E-state index contributed by atoms with van der Waals surface area (Å²) in [5, 5.41) is 3.92. The Morgan fingerprint density at radius 3 is 2.81 bits per heavy atom. The molecule has 88 valence electrons. The number of hydrogen-bond acceptors (Lipinski definition) is 5. The second-order valence-corrected chi connectivity index (χ2v) is 4.34. The quantitative estimate of drug-likeness (QED) is 0.729. The molecular weight excluding hydrogens is 208 g/mol. The topological polar surface area (TPSA) is 65.2 Å². The van der Waals surface area contributed by atoms with Crippen molar-refractivity contribution in [1.82, 2.24) is 10.1 Å². The molecule has 1 aliphatic rings. The van der Waals surface area contributed by atoms with Gasteiger partial charge in [-0.15, -0.1) is 0 Å². The first-order valence-corrected chi connectivity index (χ1v) is 5.56. The summed E-state index contributed by atoms with van der Waals surface area (Å²) in [6.07, 6.45) is 2.42. The minimum absolute atomic E-state index is 0.256. The number of esters is 1. The summed E-state index contributed by atoms with van der Waals surface area (Å²) in [5.74, 6) is 1.07. The Bertz CT molecular complexity index is 396. The zero-order chi connectivity index (χ0) is 11.8. The maximum atomic E-state index is 11.6. The number of hydrogen-bond donors (Lipinski definition) is 0. The van der Waals surface area contributed by atoms with Crippen molar-refractivity contribution in [3.05, 3.63) is 11.7 Å².